The van der Waals surface area contributed by atoms with E-state index in [9.17, 15) is 0 Å². The van der Waals surface area contributed by atoms with Crippen LogP contribution in [0.4, 0.5) is 11.8 Å². The van der Waals surface area contributed by atoms with Crippen molar-refractivity contribution < 1.29 is 0 Å². The zero-order valence-corrected chi connectivity index (χ0v) is 16.2. The van der Waals surface area contributed by atoms with Crippen LogP contribution < -0.4 is 9.80 Å². The van der Waals surface area contributed by atoms with Gasteiger partial charge in [-0.25, -0.2) is 0 Å². The Kier molecular flexibility index (Phi) is 5.79. The van der Waals surface area contributed by atoms with Crippen LogP contribution in [0.5, 0.6) is 0 Å². The second kappa shape index (κ2) is 8.63. The first-order chi connectivity index (χ1) is 13.3. The van der Waals surface area contributed by atoms with Gasteiger partial charge in [0.1, 0.15) is 0 Å². The fourth-order valence-electron chi connectivity index (χ4n) is 3.81. The molecule has 0 aliphatic carbocycles. The van der Waals surface area contributed by atoms with Crippen molar-refractivity contribution in [3.63, 3.8) is 0 Å². The first kappa shape index (κ1) is 18.1. The van der Waals surface area contributed by atoms with Gasteiger partial charge in [0.15, 0.2) is 5.82 Å². The van der Waals surface area contributed by atoms with Crippen molar-refractivity contribution in [3.8, 4) is 0 Å². The molecule has 1 aromatic heterocycles. The fraction of sp³-hybridized carbons (Fsp3) is 0.550. The largest absolute Gasteiger partial charge is 0.353 e. The first-order valence-electron chi connectivity index (χ1n) is 10.00. The highest BCUT2D eigenvalue weighted by Crippen LogP contribution is 2.17. The van der Waals surface area contributed by atoms with Crippen LogP contribution in [0.2, 0.25) is 0 Å². The second-order valence-electron chi connectivity index (χ2n) is 7.28. The highest BCUT2D eigenvalue weighted by atomic mass is 15.4. The fourth-order valence-corrected chi connectivity index (χ4v) is 3.81. The lowest BCUT2D eigenvalue weighted by molar-refractivity contribution is 0.249. The maximum absolute atomic E-state index is 4.82. The number of aromatic nitrogens is 3. The molecule has 2 aliphatic rings. The average molecular weight is 368 g/mol. The average Bonchev–Trinajstić information content (AvgIpc) is 2.75. The van der Waals surface area contributed by atoms with Crippen LogP contribution in [0.1, 0.15) is 12.5 Å². The predicted molar refractivity (Wildman–Crippen MR) is 108 cm³/mol. The maximum Gasteiger partial charge on any atom is 0.247 e. The van der Waals surface area contributed by atoms with Crippen LogP contribution in [-0.4, -0.2) is 83.9 Å². The Labute approximate surface area is 161 Å². The Morgan fingerprint density at radius 1 is 0.815 bits per heavy atom. The molecule has 0 radical (unpaired) electrons. The summed E-state index contributed by atoms with van der Waals surface area (Å²) in [4.78, 5) is 14.4. The molecular weight excluding hydrogens is 338 g/mol. The number of rotatable bonds is 5. The van der Waals surface area contributed by atoms with Crippen LogP contribution in [0.15, 0.2) is 36.5 Å². The van der Waals surface area contributed by atoms with Crippen LogP contribution >= 0.6 is 0 Å². The van der Waals surface area contributed by atoms with Crippen molar-refractivity contribution in [2.45, 2.75) is 13.5 Å². The van der Waals surface area contributed by atoms with E-state index < -0.39 is 0 Å². The van der Waals surface area contributed by atoms with Crippen molar-refractivity contribution in [3.05, 3.63) is 42.1 Å². The van der Waals surface area contributed by atoms with E-state index in [0.717, 1.165) is 77.2 Å². The number of benzene rings is 1. The van der Waals surface area contributed by atoms with Crippen LogP contribution in [0.25, 0.3) is 0 Å². The van der Waals surface area contributed by atoms with E-state index >= 15 is 0 Å². The summed E-state index contributed by atoms with van der Waals surface area (Å²) < 4.78 is 0. The van der Waals surface area contributed by atoms with Gasteiger partial charge in [-0.2, -0.15) is 10.1 Å². The maximum atomic E-state index is 4.82. The molecular formula is C20H29N7. The van der Waals surface area contributed by atoms with Crippen molar-refractivity contribution in [1.82, 2.24) is 25.0 Å². The van der Waals surface area contributed by atoms with Gasteiger partial charge < -0.3 is 14.7 Å². The zero-order chi connectivity index (χ0) is 18.5. The molecule has 2 saturated heterocycles. The molecule has 2 aliphatic heterocycles. The molecule has 2 fully saturated rings. The van der Waals surface area contributed by atoms with Gasteiger partial charge in [0.2, 0.25) is 5.95 Å². The molecule has 4 rings (SSSR count). The third-order valence-electron chi connectivity index (χ3n) is 5.58. The highest BCUT2D eigenvalue weighted by molar-refractivity contribution is 5.42. The number of likely N-dealkylation sites (N-methyl/N-ethyl adjacent to an activating group) is 1. The molecule has 1 aromatic carbocycles. The molecule has 2 aromatic rings. The Morgan fingerprint density at radius 3 is 2.19 bits per heavy atom. The molecule has 0 spiro atoms. The molecule has 27 heavy (non-hydrogen) atoms. The summed E-state index contributed by atoms with van der Waals surface area (Å²) in [5, 5.41) is 8.53. The summed E-state index contributed by atoms with van der Waals surface area (Å²) in [7, 11) is 0. The standard InChI is InChI=1S/C20H29N7/c1-2-24-8-14-27(15-9-24)20-22-19(16-21-23-20)26-12-10-25(11-13-26)17-18-6-4-3-5-7-18/h3-7,16H,2,8-15,17H2,1H3. The van der Waals surface area contributed by atoms with E-state index in [0.29, 0.717) is 0 Å². The predicted octanol–water partition coefficient (Wildman–Crippen LogP) is 1.34. The highest BCUT2D eigenvalue weighted by Gasteiger charge is 2.22. The lowest BCUT2D eigenvalue weighted by Gasteiger charge is -2.36. The normalized spacial score (nSPS) is 19.4. The molecule has 0 amide bonds. The quantitative estimate of drug-likeness (QED) is 0.790. The molecule has 0 atom stereocenters. The lowest BCUT2D eigenvalue weighted by Crippen LogP contribution is -2.48. The zero-order valence-electron chi connectivity index (χ0n) is 16.2. The van der Waals surface area contributed by atoms with Gasteiger partial charge in [0, 0.05) is 58.9 Å². The lowest BCUT2D eigenvalue weighted by atomic mass is 10.2. The first-order valence-corrected chi connectivity index (χ1v) is 10.00. The van der Waals surface area contributed by atoms with Gasteiger partial charge in [-0.05, 0) is 12.1 Å². The molecule has 0 N–H and O–H groups in total. The van der Waals surface area contributed by atoms with Crippen molar-refractivity contribution >= 4 is 11.8 Å². The number of anilines is 2. The number of nitrogens with zero attached hydrogens (tertiary/aromatic N) is 7. The molecule has 0 bridgehead atoms. The van der Waals surface area contributed by atoms with E-state index in [1.165, 1.54) is 5.56 Å². The topological polar surface area (TPSA) is 51.6 Å². The Morgan fingerprint density at radius 2 is 1.48 bits per heavy atom. The smallest absolute Gasteiger partial charge is 0.247 e. The molecule has 7 nitrogen and oxygen atoms in total. The third-order valence-corrected chi connectivity index (χ3v) is 5.58. The molecule has 7 heteroatoms. The van der Waals surface area contributed by atoms with Gasteiger partial charge >= 0.3 is 0 Å². The van der Waals surface area contributed by atoms with Crippen LogP contribution in [0.3, 0.4) is 0 Å². The summed E-state index contributed by atoms with van der Waals surface area (Å²) in [5.74, 6) is 1.73. The van der Waals surface area contributed by atoms with Gasteiger partial charge in [-0.1, -0.05) is 37.3 Å². The second-order valence-corrected chi connectivity index (χ2v) is 7.28. The number of hydrogen-bond donors (Lipinski definition) is 0. The number of hydrogen-bond acceptors (Lipinski definition) is 7. The van der Waals surface area contributed by atoms with Gasteiger partial charge in [0.25, 0.3) is 0 Å². The molecule has 144 valence electrons. The summed E-state index contributed by atoms with van der Waals surface area (Å²) in [5.41, 5.74) is 1.38. The van der Waals surface area contributed by atoms with Crippen molar-refractivity contribution in [1.29, 1.82) is 0 Å². The summed E-state index contributed by atoms with van der Waals surface area (Å²) >= 11 is 0. The Hall–Kier alpha value is -2.25. The van der Waals surface area contributed by atoms with E-state index in [2.05, 4.69) is 67.1 Å². The third kappa shape index (κ3) is 4.54. The minimum Gasteiger partial charge on any atom is -0.353 e. The minimum absolute atomic E-state index is 0.773. The van der Waals surface area contributed by atoms with Crippen LogP contribution in [-0.2, 0) is 6.54 Å². The van der Waals surface area contributed by atoms with E-state index in [1.807, 2.05) is 0 Å². The van der Waals surface area contributed by atoms with Gasteiger partial charge in [-0.3, -0.25) is 4.90 Å². The summed E-state index contributed by atoms with van der Waals surface area (Å²) in [6.07, 6.45) is 1.80. The molecule has 3 heterocycles. The number of piperazine rings is 2. The van der Waals surface area contributed by atoms with Gasteiger partial charge in [0.05, 0.1) is 6.20 Å². The Balaban J connectivity index is 1.33. The van der Waals surface area contributed by atoms with Gasteiger partial charge in [-0.15, -0.1) is 5.10 Å². The summed E-state index contributed by atoms with van der Waals surface area (Å²) in [6.45, 7) is 12.5. The Bertz CT molecular complexity index is 707. The van der Waals surface area contributed by atoms with Crippen LogP contribution in [0, 0.1) is 0 Å². The minimum atomic E-state index is 0.773. The van der Waals surface area contributed by atoms with E-state index in [4.69, 9.17) is 4.98 Å². The van der Waals surface area contributed by atoms with E-state index in [1.54, 1.807) is 6.20 Å². The monoisotopic (exact) mass is 367 g/mol. The SMILES string of the molecule is CCN1CCN(c2nncc(N3CCN(Cc4ccccc4)CC3)n2)CC1. The van der Waals surface area contributed by atoms with Crippen molar-refractivity contribution in [2.24, 2.45) is 0 Å². The van der Waals surface area contributed by atoms with Crippen molar-refractivity contribution in [2.75, 3.05) is 68.7 Å². The summed E-state index contributed by atoms with van der Waals surface area (Å²) in [6, 6.07) is 10.7. The van der Waals surface area contributed by atoms with E-state index in [-0.39, 0.29) is 0 Å². The molecule has 0 saturated carbocycles. The molecule has 0 unspecified atom stereocenters.